The van der Waals surface area contributed by atoms with Gasteiger partial charge < -0.3 is 5.11 Å². The van der Waals surface area contributed by atoms with Gasteiger partial charge in [-0.3, -0.25) is 0 Å². The van der Waals surface area contributed by atoms with Crippen molar-refractivity contribution in [3.05, 3.63) is 52.2 Å². The molecule has 2 rings (SSSR count). The number of aromatic carboxylic acids is 1. The Hall–Kier alpha value is -1.70. The highest BCUT2D eigenvalue weighted by Crippen LogP contribution is 2.21. The Morgan fingerprint density at radius 3 is 2.53 bits per heavy atom. The summed E-state index contributed by atoms with van der Waals surface area (Å²) in [6.07, 6.45) is 0. The number of nitrogens with one attached hydrogen (secondary N) is 1. The van der Waals surface area contributed by atoms with Crippen LogP contribution < -0.4 is 4.72 Å². The molecule has 1 heterocycles. The second-order valence-corrected chi connectivity index (χ2v) is 6.38. The number of hydrogen-bond donors (Lipinski definition) is 2. The largest absolute Gasteiger partial charge is 0.477 e. The molecule has 0 atom stereocenters. The molecule has 0 saturated carbocycles. The molecule has 0 unspecified atom stereocenters. The van der Waals surface area contributed by atoms with E-state index in [1.807, 2.05) is 6.07 Å². The van der Waals surface area contributed by atoms with Crippen LogP contribution in [0.15, 0.2) is 46.7 Å². The van der Waals surface area contributed by atoms with Crippen LogP contribution in [0.4, 0.5) is 0 Å². The zero-order chi connectivity index (χ0) is 13.9. The van der Waals surface area contributed by atoms with Crippen molar-refractivity contribution in [2.75, 3.05) is 0 Å². The van der Waals surface area contributed by atoms with E-state index < -0.39 is 16.0 Å². The second kappa shape index (κ2) is 5.52. The molecule has 100 valence electrons. The van der Waals surface area contributed by atoms with Gasteiger partial charge in [-0.1, -0.05) is 30.3 Å². The van der Waals surface area contributed by atoms with Gasteiger partial charge in [0, 0.05) is 6.54 Å². The average Bonchev–Trinajstić information content (AvgIpc) is 2.88. The molecule has 0 aliphatic carbocycles. The van der Waals surface area contributed by atoms with Crippen molar-refractivity contribution >= 4 is 27.3 Å². The fraction of sp³-hybridized carbons (Fsp3) is 0.0833. The van der Waals surface area contributed by atoms with Gasteiger partial charge in [-0.15, -0.1) is 11.3 Å². The van der Waals surface area contributed by atoms with Crippen LogP contribution in [0.1, 0.15) is 15.2 Å². The van der Waals surface area contributed by atoms with E-state index >= 15 is 0 Å². The molecule has 19 heavy (non-hydrogen) atoms. The molecule has 0 fully saturated rings. The van der Waals surface area contributed by atoms with Gasteiger partial charge in [0.15, 0.2) is 0 Å². The number of carbonyl (C=O) groups is 1. The topological polar surface area (TPSA) is 83.5 Å². The van der Waals surface area contributed by atoms with Gasteiger partial charge in [-0.2, -0.15) is 0 Å². The molecule has 1 aromatic carbocycles. The van der Waals surface area contributed by atoms with E-state index in [-0.39, 0.29) is 16.3 Å². The first-order valence-electron chi connectivity index (χ1n) is 5.35. The van der Waals surface area contributed by atoms with Crippen molar-refractivity contribution < 1.29 is 18.3 Å². The van der Waals surface area contributed by atoms with Crippen molar-refractivity contribution in [2.24, 2.45) is 0 Å². The quantitative estimate of drug-likeness (QED) is 0.883. The molecule has 0 aliphatic heterocycles. The van der Waals surface area contributed by atoms with Crippen molar-refractivity contribution in [3.8, 4) is 0 Å². The molecule has 5 nitrogen and oxygen atoms in total. The minimum absolute atomic E-state index is 0.123. The molecule has 1 aromatic heterocycles. The molecule has 2 N–H and O–H groups in total. The van der Waals surface area contributed by atoms with Gasteiger partial charge in [-0.25, -0.2) is 17.9 Å². The van der Waals surface area contributed by atoms with E-state index in [4.69, 9.17) is 5.11 Å². The lowest BCUT2D eigenvalue weighted by molar-refractivity contribution is 0.0698. The Bertz CT molecular complexity index is 677. The summed E-state index contributed by atoms with van der Waals surface area (Å²) >= 11 is 0.887. The molecule has 0 spiro atoms. The smallest absolute Gasteiger partial charge is 0.347 e. The van der Waals surface area contributed by atoms with Crippen molar-refractivity contribution in [1.82, 2.24) is 4.72 Å². The molecule has 0 bridgehead atoms. The number of carboxylic acids is 1. The van der Waals surface area contributed by atoms with E-state index in [0.29, 0.717) is 0 Å². The Balaban J connectivity index is 2.19. The van der Waals surface area contributed by atoms with Gasteiger partial charge in [0.25, 0.3) is 0 Å². The summed E-state index contributed by atoms with van der Waals surface area (Å²) in [5.74, 6) is -1.24. The monoisotopic (exact) mass is 297 g/mol. The number of carboxylic acid groups (broad SMARTS) is 1. The third-order valence-corrected chi connectivity index (χ3v) is 4.90. The molecule has 0 saturated heterocycles. The summed E-state index contributed by atoms with van der Waals surface area (Å²) in [4.78, 5) is 10.5. The summed E-state index contributed by atoms with van der Waals surface area (Å²) in [7, 11) is -3.81. The van der Waals surface area contributed by atoms with E-state index in [2.05, 4.69) is 4.72 Å². The minimum atomic E-state index is -3.81. The van der Waals surface area contributed by atoms with Crippen LogP contribution in [0.25, 0.3) is 0 Å². The van der Waals surface area contributed by atoms with Gasteiger partial charge in [-0.05, 0) is 17.0 Å². The van der Waals surface area contributed by atoms with Crippen LogP contribution in [0, 0.1) is 0 Å². The Morgan fingerprint density at radius 2 is 1.89 bits per heavy atom. The van der Waals surface area contributed by atoms with Crippen LogP contribution in [-0.2, 0) is 16.6 Å². The lowest BCUT2D eigenvalue weighted by atomic mass is 10.2. The number of hydrogen-bond acceptors (Lipinski definition) is 4. The first-order chi connectivity index (χ1) is 9.00. The summed E-state index contributed by atoms with van der Waals surface area (Å²) in [6.45, 7) is 0.123. The van der Waals surface area contributed by atoms with E-state index in [0.717, 1.165) is 16.9 Å². The predicted molar refractivity (Wildman–Crippen MR) is 71.7 cm³/mol. The van der Waals surface area contributed by atoms with Crippen LogP contribution >= 0.6 is 11.3 Å². The summed E-state index contributed by atoms with van der Waals surface area (Å²) < 4.78 is 26.4. The van der Waals surface area contributed by atoms with Gasteiger partial charge in [0.1, 0.15) is 9.77 Å². The summed E-state index contributed by atoms with van der Waals surface area (Å²) in [6, 6.07) is 10.3. The van der Waals surface area contributed by atoms with Crippen molar-refractivity contribution in [2.45, 2.75) is 11.4 Å². The molecule has 0 radical (unpaired) electrons. The SMILES string of the molecule is O=C(O)c1sccc1S(=O)(=O)NCc1ccccc1. The third-order valence-electron chi connectivity index (χ3n) is 2.42. The fourth-order valence-corrected chi connectivity index (χ4v) is 3.79. The molecular formula is C12H11NO4S2. The van der Waals surface area contributed by atoms with Gasteiger partial charge >= 0.3 is 5.97 Å². The number of rotatable bonds is 5. The van der Waals surface area contributed by atoms with E-state index in [9.17, 15) is 13.2 Å². The van der Waals surface area contributed by atoms with Crippen LogP contribution in [0.2, 0.25) is 0 Å². The molecule has 2 aromatic rings. The molecule has 0 aliphatic rings. The lowest BCUT2D eigenvalue weighted by Crippen LogP contribution is -2.24. The summed E-state index contributed by atoms with van der Waals surface area (Å²) in [5, 5.41) is 10.4. The minimum Gasteiger partial charge on any atom is -0.477 e. The Labute approximate surface area is 114 Å². The molecule has 0 amide bonds. The maximum Gasteiger partial charge on any atom is 0.347 e. The number of thiophene rings is 1. The first-order valence-corrected chi connectivity index (χ1v) is 7.71. The summed E-state index contributed by atoms with van der Waals surface area (Å²) in [5.41, 5.74) is 0.804. The zero-order valence-electron chi connectivity index (χ0n) is 9.74. The number of benzene rings is 1. The van der Waals surface area contributed by atoms with Gasteiger partial charge in [0.05, 0.1) is 0 Å². The van der Waals surface area contributed by atoms with Crippen LogP contribution in [-0.4, -0.2) is 19.5 Å². The maximum atomic E-state index is 12.0. The standard InChI is InChI=1S/C12H11NO4S2/c14-12(15)11-10(6-7-18-11)19(16,17)13-8-9-4-2-1-3-5-9/h1-7,13H,8H2,(H,14,15). The third kappa shape index (κ3) is 3.19. The van der Waals surface area contributed by atoms with E-state index in [1.54, 1.807) is 24.3 Å². The highest BCUT2D eigenvalue weighted by molar-refractivity contribution is 7.89. The Kier molecular flexibility index (Phi) is 3.98. The predicted octanol–water partition coefficient (Wildman–Crippen LogP) is 1.92. The zero-order valence-corrected chi connectivity index (χ0v) is 11.4. The lowest BCUT2D eigenvalue weighted by Gasteiger charge is -2.06. The normalized spacial score (nSPS) is 11.4. The molecular weight excluding hydrogens is 286 g/mol. The maximum absolute atomic E-state index is 12.0. The van der Waals surface area contributed by atoms with E-state index in [1.165, 1.54) is 11.4 Å². The molecule has 7 heteroatoms. The fourth-order valence-electron chi connectivity index (χ4n) is 1.52. The van der Waals surface area contributed by atoms with Gasteiger partial charge in [0.2, 0.25) is 10.0 Å². The van der Waals surface area contributed by atoms with Crippen LogP contribution in [0.3, 0.4) is 0 Å². The highest BCUT2D eigenvalue weighted by Gasteiger charge is 2.23. The number of sulfonamides is 1. The van der Waals surface area contributed by atoms with Crippen molar-refractivity contribution in [1.29, 1.82) is 0 Å². The Morgan fingerprint density at radius 1 is 1.21 bits per heavy atom. The van der Waals surface area contributed by atoms with Crippen molar-refractivity contribution in [3.63, 3.8) is 0 Å². The first kappa shape index (κ1) is 13.7. The van der Waals surface area contributed by atoms with Crippen LogP contribution in [0.5, 0.6) is 0 Å². The average molecular weight is 297 g/mol. The second-order valence-electron chi connectivity index (χ2n) is 3.73. The highest BCUT2D eigenvalue weighted by atomic mass is 32.2.